The number of nitrogens with one attached hydrogen (secondary N) is 3. The van der Waals surface area contributed by atoms with E-state index in [-0.39, 0.29) is 18.1 Å². The fourth-order valence-corrected chi connectivity index (χ4v) is 2.91. The van der Waals surface area contributed by atoms with E-state index in [0.717, 1.165) is 30.4 Å². The van der Waals surface area contributed by atoms with E-state index in [1.54, 1.807) is 0 Å². The Kier molecular flexibility index (Phi) is 8.01. The highest BCUT2D eigenvalue weighted by Gasteiger charge is 2.11. The molecular weight excluding hydrogens is 334 g/mol. The number of amides is 2. The van der Waals surface area contributed by atoms with Crippen LogP contribution in [0.3, 0.4) is 0 Å². The lowest BCUT2D eigenvalue weighted by Gasteiger charge is -2.16. The topological polar surface area (TPSA) is 70.2 Å². The van der Waals surface area contributed by atoms with Crippen LogP contribution in [0.2, 0.25) is 0 Å². The average molecular weight is 357 g/mol. The molecule has 0 saturated heterocycles. The molecule has 2 aromatic rings. The Balaban J connectivity index is 1.67. The molecule has 0 aliphatic heterocycles. The Labute approximate surface area is 152 Å². The van der Waals surface area contributed by atoms with Gasteiger partial charge in [-0.15, -0.1) is 0 Å². The summed E-state index contributed by atoms with van der Waals surface area (Å²) in [5.74, 6) is 0. The molecule has 0 aromatic heterocycles. The Morgan fingerprint density at radius 2 is 1.56 bits per heavy atom. The molecule has 0 spiro atoms. The third-order valence-electron chi connectivity index (χ3n) is 3.58. The highest BCUT2D eigenvalue weighted by atomic mass is 32.2. The molecular formula is C19H23N3O2S. The lowest BCUT2D eigenvalue weighted by Crippen LogP contribution is -2.41. The summed E-state index contributed by atoms with van der Waals surface area (Å²) in [4.78, 5) is 23.1. The average Bonchev–Trinajstić information content (AvgIpc) is 2.62. The predicted molar refractivity (Wildman–Crippen MR) is 102 cm³/mol. The molecule has 0 aliphatic rings. The van der Waals surface area contributed by atoms with E-state index < -0.39 is 0 Å². The molecule has 0 radical (unpaired) electrons. The van der Waals surface area contributed by atoms with Crippen LogP contribution in [0.15, 0.2) is 60.7 Å². The van der Waals surface area contributed by atoms with Gasteiger partial charge in [-0.1, -0.05) is 60.7 Å². The van der Waals surface area contributed by atoms with Gasteiger partial charge in [0.2, 0.25) is 0 Å². The van der Waals surface area contributed by atoms with Crippen LogP contribution in [-0.4, -0.2) is 24.4 Å². The summed E-state index contributed by atoms with van der Waals surface area (Å²) in [6.45, 7) is 1.95. The van der Waals surface area contributed by atoms with Crippen LogP contribution in [0, 0.1) is 0 Å². The first-order valence-electron chi connectivity index (χ1n) is 8.18. The molecule has 0 saturated carbocycles. The molecule has 0 fully saturated rings. The number of urea groups is 1. The second-order valence-corrected chi connectivity index (χ2v) is 6.46. The summed E-state index contributed by atoms with van der Waals surface area (Å²) in [5.41, 5.74) is 2.23. The standard InChI is InChI=1S/C19H23N3O2S/c1-15(12-16-8-4-2-5-9-16)20-19(24)22-25-21-18(14-23)13-17-10-6-3-7-11-17/h2-11,14-15,18,21H,12-13H2,1H3,(H2,20,22,24)/t15?,18-/m0/s1. The van der Waals surface area contributed by atoms with Gasteiger partial charge in [0.25, 0.3) is 0 Å². The zero-order valence-electron chi connectivity index (χ0n) is 14.1. The third kappa shape index (κ3) is 7.41. The van der Waals surface area contributed by atoms with Crippen molar-refractivity contribution in [2.45, 2.75) is 31.8 Å². The Bertz CT molecular complexity index is 652. The smallest absolute Gasteiger partial charge is 0.325 e. The van der Waals surface area contributed by atoms with Crippen LogP contribution in [0.4, 0.5) is 4.79 Å². The van der Waals surface area contributed by atoms with Crippen molar-refractivity contribution >= 4 is 24.5 Å². The molecule has 1 unspecified atom stereocenters. The summed E-state index contributed by atoms with van der Waals surface area (Å²) < 4.78 is 5.59. The molecule has 2 amide bonds. The van der Waals surface area contributed by atoms with E-state index >= 15 is 0 Å². The molecule has 132 valence electrons. The summed E-state index contributed by atoms with van der Waals surface area (Å²) >= 11 is 1.02. The number of rotatable bonds is 9. The fourth-order valence-electron chi connectivity index (χ4n) is 2.41. The van der Waals surface area contributed by atoms with Crippen molar-refractivity contribution in [1.29, 1.82) is 0 Å². The number of benzene rings is 2. The molecule has 5 nitrogen and oxygen atoms in total. The van der Waals surface area contributed by atoms with Gasteiger partial charge >= 0.3 is 6.03 Å². The van der Waals surface area contributed by atoms with Crippen molar-refractivity contribution in [2.24, 2.45) is 0 Å². The van der Waals surface area contributed by atoms with Crippen LogP contribution in [0.1, 0.15) is 18.1 Å². The van der Waals surface area contributed by atoms with Gasteiger partial charge < -0.3 is 10.1 Å². The van der Waals surface area contributed by atoms with Crippen LogP contribution in [-0.2, 0) is 17.6 Å². The molecule has 3 N–H and O–H groups in total. The number of aldehydes is 1. The molecule has 2 atom stereocenters. The number of hydrogen-bond donors (Lipinski definition) is 3. The van der Waals surface area contributed by atoms with E-state index in [1.807, 2.05) is 67.6 Å². The normalized spacial score (nSPS) is 12.8. The minimum atomic E-state index is -0.366. The first-order valence-corrected chi connectivity index (χ1v) is 9.00. The Morgan fingerprint density at radius 1 is 1.00 bits per heavy atom. The second-order valence-electron chi connectivity index (χ2n) is 5.82. The van der Waals surface area contributed by atoms with E-state index in [2.05, 4.69) is 14.8 Å². The van der Waals surface area contributed by atoms with E-state index in [1.165, 1.54) is 5.56 Å². The van der Waals surface area contributed by atoms with Crippen molar-refractivity contribution in [3.8, 4) is 0 Å². The van der Waals surface area contributed by atoms with Crippen LogP contribution >= 0.6 is 12.1 Å². The van der Waals surface area contributed by atoms with Crippen molar-refractivity contribution in [3.05, 3.63) is 71.8 Å². The van der Waals surface area contributed by atoms with Crippen LogP contribution < -0.4 is 14.8 Å². The molecule has 0 heterocycles. The Hall–Kier alpha value is -2.31. The maximum atomic E-state index is 11.9. The van der Waals surface area contributed by atoms with E-state index in [4.69, 9.17) is 0 Å². The van der Waals surface area contributed by atoms with Crippen molar-refractivity contribution < 1.29 is 9.59 Å². The highest BCUT2D eigenvalue weighted by Crippen LogP contribution is 2.05. The summed E-state index contributed by atoms with van der Waals surface area (Å²) in [6.07, 6.45) is 2.18. The first kappa shape index (κ1) is 19.0. The number of hydrogen-bond acceptors (Lipinski definition) is 4. The maximum absolute atomic E-state index is 11.9. The first-order chi connectivity index (χ1) is 12.2. The SMILES string of the molecule is CC(Cc1ccccc1)NC(=O)NSN[C@H](C=O)Cc1ccccc1. The fraction of sp³-hybridized carbons (Fsp3) is 0.263. The monoisotopic (exact) mass is 357 g/mol. The highest BCUT2D eigenvalue weighted by molar-refractivity contribution is 7.96. The second kappa shape index (κ2) is 10.5. The minimum Gasteiger partial charge on any atom is -0.335 e. The zero-order valence-corrected chi connectivity index (χ0v) is 15.0. The third-order valence-corrected chi connectivity index (χ3v) is 4.29. The van der Waals surface area contributed by atoms with E-state index in [0.29, 0.717) is 6.42 Å². The van der Waals surface area contributed by atoms with E-state index in [9.17, 15) is 9.59 Å². The Morgan fingerprint density at radius 3 is 2.12 bits per heavy atom. The molecule has 0 bridgehead atoms. The van der Waals surface area contributed by atoms with Gasteiger partial charge in [0.1, 0.15) is 6.29 Å². The molecule has 2 aromatic carbocycles. The quantitative estimate of drug-likeness (QED) is 0.477. The summed E-state index contributed by atoms with van der Waals surface area (Å²) in [5, 5.41) is 2.87. The summed E-state index contributed by atoms with van der Waals surface area (Å²) in [6, 6.07) is 19.1. The largest absolute Gasteiger partial charge is 0.335 e. The van der Waals surface area contributed by atoms with Crippen molar-refractivity contribution in [1.82, 2.24) is 14.8 Å². The minimum absolute atomic E-state index is 0.00851. The van der Waals surface area contributed by atoms with Crippen molar-refractivity contribution in [2.75, 3.05) is 0 Å². The summed E-state index contributed by atoms with van der Waals surface area (Å²) in [7, 11) is 0. The maximum Gasteiger partial charge on any atom is 0.325 e. The van der Waals surface area contributed by atoms with Gasteiger partial charge in [0.15, 0.2) is 0 Å². The van der Waals surface area contributed by atoms with Crippen molar-refractivity contribution in [3.63, 3.8) is 0 Å². The number of carbonyl (C=O) groups excluding carboxylic acids is 2. The van der Waals surface area contributed by atoms with Gasteiger partial charge in [-0.25, -0.2) is 9.52 Å². The molecule has 25 heavy (non-hydrogen) atoms. The molecule has 0 aliphatic carbocycles. The van der Waals surface area contributed by atoms with Gasteiger partial charge in [-0.05, 0) is 30.9 Å². The molecule has 6 heteroatoms. The van der Waals surface area contributed by atoms with Gasteiger partial charge in [0.05, 0.1) is 6.04 Å². The lowest BCUT2D eigenvalue weighted by molar-refractivity contribution is -0.109. The van der Waals surface area contributed by atoms with Gasteiger partial charge in [-0.2, -0.15) is 0 Å². The van der Waals surface area contributed by atoms with Gasteiger partial charge in [-0.3, -0.25) is 4.72 Å². The van der Waals surface area contributed by atoms with Crippen LogP contribution in [0.5, 0.6) is 0 Å². The van der Waals surface area contributed by atoms with Gasteiger partial charge in [0, 0.05) is 18.2 Å². The predicted octanol–water partition coefficient (Wildman–Crippen LogP) is 2.88. The van der Waals surface area contributed by atoms with Crippen LogP contribution in [0.25, 0.3) is 0 Å². The molecule has 2 rings (SSSR count). The lowest BCUT2D eigenvalue weighted by atomic mass is 10.1. The zero-order chi connectivity index (χ0) is 17.9. The number of carbonyl (C=O) groups is 2.